The number of aromatic carboxylic acids is 1. The second-order valence-corrected chi connectivity index (χ2v) is 8.95. The van der Waals surface area contributed by atoms with Crippen LogP contribution in [-0.2, 0) is 6.54 Å². The zero-order valence-corrected chi connectivity index (χ0v) is 20.1. The van der Waals surface area contributed by atoms with E-state index in [9.17, 15) is 19.8 Å². The monoisotopic (exact) mass is 467 g/mol. The lowest BCUT2D eigenvalue weighted by atomic mass is 9.99. The molecule has 0 radical (unpaired) electrons. The second-order valence-electron chi connectivity index (χ2n) is 8.95. The molecule has 2 heterocycles. The van der Waals surface area contributed by atoms with Gasteiger partial charge in [0.15, 0.2) is 0 Å². The van der Waals surface area contributed by atoms with E-state index in [1.165, 1.54) is 0 Å². The lowest BCUT2D eigenvalue weighted by Crippen LogP contribution is -2.49. The van der Waals surface area contributed by atoms with Gasteiger partial charge in [-0.05, 0) is 50.2 Å². The molecule has 1 aromatic carbocycles. The molecule has 1 amide bonds. The summed E-state index contributed by atoms with van der Waals surface area (Å²) in [5, 5.41) is 19.0. The summed E-state index contributed by atoms with van der Waals surface area (Å²) < 4.78 is 6.30. The van der Waals surface area contributed by atoms with Crippen LogP contribution in [0.3, 0.4) is 0 Å². The van der Waals surface area contributed by atoms with Crippen molar-refractivity contribution in [3.8, 4) is 5.88 Å². The molecular formula is C26H33N3O5. The standard InChI is InChI=1S/C26H33N3O5/c1-5-7-19-11-22-24(27-12-19)34-23(17(2)13-29(25(22)31)18(3)16-30)15-28(4)14-20-8-6-9-21(10-20)26(32)33/h5-12,17-18,23,30H,13-16H2,1-4H3,(H,32,33)/t17-,18+,23+/m1/s1. The van der Waals surface area contributed by atoms with Gasteiger partial charge < -0.3 is 19.8 Å². The van der Waals surface area contributed by atoms with E-state index in [-0.39, 0.29) is 42.0 Å². The first-order valence-electron chi connectivity index (χ1n) is 11.5. The van der Waals surface area contributed by atoms with E-state index >= 15 is 0 Å². The molecule has 0 unspecified atom stereocenters. The van der Waals surface area contributed by atoms with Gasteiger partial charge >= 0.3 is 5.97 Å². The van der Waals surface area contributed by atoms with Gasteiger partial charge in [-0.25, -0.2) is 9.78 Å². The third-order valence-corrected chi connectivity index (χ3v) is 6.02. The number of likely N-dealkylation sites (N-methyl/N-ethyl adjacent to an activating group) is 1. The number of rotatable bonds is 8. The molecule has 1 aromatic heterocycles. The number of benzene rings is 1. The van der Waals surface area contributed by atoms with E-state index in [2.05, 4.69) is 9.88 Å². The number of hydrogen-bond acceptors (Lipinski definition) is 6. The average molecular weight is 468 g/mol. The summed E-state index contributed by atoms with van der Waals surface area (Å²) in [7, 11) is 1.95. The summed E-state index contributed by atoms with van der Waals surface area (Å²) >= 11 is 0. The van der Waals surface area contributed by atoms with E-state index in [0.717, 1.165) is 11.1 Å². The molecule has 1 aliphatic heterocycles. The number of aliphatic hydroxyl groups is 1. The van der Waals surface area contributed by atoms with Gasteiger partial charge in [-0.15, -0.1) is 0 Å². The summed E-state index contributed by atoms with van der Waals surface area (Å²) in [5.74, 6) is -0.911. The van der Waals surface area contributed by atoms with Gasteiger partial charge in [-0.2, -0.15) is 0 Å². The number of amides is 1. The highest BCUT2D eigenvalue weighted by Gasteiger charge is 2.34. The van der Waals surface area contributed by atoms with Gasteiger partial charge in [0.05, 0.1) is 18.2 Å². The van der Waals surface area contributed by atoms with E-state index < -0.39 is 5.97 Å². The zero-order valence-electron chi connectivity index (χ0n) is 20.1. The van der Waals surface area contributed by atoms with Crippen molar-refractivity contribution in [3.63, 3.8) is 0 Å². The van der Waals surface area contributed by atoms with Crippen molar-refractivity contribution in [2.45, 2.75) is 39.5 Å². The Hall–Kier alpha value is -3.23. The molecule has 1 aliphatic rings. The highest BCUT2D eigenvalue weighted by atomic mass is 16.5. The first-order valence-corrected chi connectivity index (χ1v) is 11.5. The van der Waals surface area contributed by atoms with E-state index in [1.54, 1.807) is 35.4 Å². The summed E-state index contributed by atoms with van der Waals surface area (Å²) in [5.41, 5.74) is 2.32. The largest absolute Gasteiger partial charge is 0.478 e. The van der Waals surface area contributed by atoms with Gasteiger partial charge in [-0.3, -0.25) is 9.69 Å². The smallest absolute Gasteiger partial charge is 0.335 e. The van der Waals surface area contributed by atoms with Crippen LogP contribution in [0.2, 0.25) is 0 Å². The molecular weight excluding hydrogens is 434 g/mol. The topological polar surface area (TPSA) is 103 Å². The molecule has 0 fully saturated rings. The fourth-order valence-corrected chi connectivity index (χ4v) is 4.11. The maximum Gasteiger partial charge on any atom is 0.335 e. The molecule has 34 heavy (non-hydrogen) atoms. The molecule has 8 nitrogen and oxygen atoms in total. The maximum atomic E-state index is 13.4. The minimum absolute atomic E-state index is 0.0316. The second kappa shape index (κ2) is 11.3. The average Bonchev–Trinajstić information content (AvgIpc) is 2.81. The third-order valence-electron chi connectivity index (χ3n) is 6.02. The number of allylic oxidation sites excluding steroid dienone is 1. The third kappa shape index (κ3) is 6.01. The Bertz CT molecular complexity index is 1050. The van der Waals surface area contributed by atoms with Crippen LogP contribution in [0.4, 0.5) is 0 Å². The normalized spacial score (nSPS) is 19.5. The fourth-order valence-electron chi connectivity index (χ4n) is 4.11. The first kappa shape index (κ1) is 25.4. The molecule has 0 spiro atoms. The molecule has 2 N–H and O–H groups in total. The van der Waals surface area contributed by atoms with Crippen LogP contribution in [0.15, 0.2) is 42.6 Å². The lowest BCUT2D eigenvalue weighted by Gasteiger charge is -2.37. The van der Waals surface area contributed by atoms with Crippen molar-refractivity contribution in [1.29, 1.82) is 0 Å². The number of hydrogen-bond donors (Lipinski definition) is 2. The van der Waals surface area contributed by atoms with Gasteiger partial charge in [-0.1, -0.05) is 31.2 Å². The van der Waals surface area contributed by atoms with Gasteiger partial charge in [0.1, 0.15) is 11.7 Å². The van der Waals surface area contributed by atoms with Crippen LogP contribution in [0.25, 0.3) is 6.08 Å². The Morgan fingerprint density at radius 2 is 2.15 bits per heavy atom. The number of carboxylic acid groups (broad SMARTS) is 1. The summed E-state index contributed by atoms with van der Waals surface area (Å²) in [6.45, 7) is 7.13. The van der Waals surface area contributed by atoms with E-state index in [1.807, 2.05) is 46.0 Å². The predicted molar refractivity (Wildman–Crippen MR) is 130 cm³/mol. The highest BCUT2D eigenvalue weighted by molar-refractivity contribution is 5.97. The molecule has 2 aromatic rings. The van der Waals surface area contributed by atoms with Crippen LogP contribution >= 0.6 is 0 Å². The number of pyridine rings is 1. The highest BCUT2D eigenvalue weighted by Crippen LogP contribution is 2.28. The summed E-state index contributed by atoms with van der Waals surface area (Å²) in [6, 6.07) is 8.31. The van der Waals surface area contributed by atoms with Crippen molar-refractivity contribution in [2.75, 3.05) is 26.7 Å². The van der Waals surface area contributed by atoms with Gasteiger partial charge in [0, 0.05) is 31.7 Å². The van der Waals surface area contributed by atoms with Crippen LogP contribution in [-0.4, -0.2) is 75.8 Å². The number of aliphatic hydroxyl groups excluding tert-OH is 1. The van der Waals surface area contributed by atoms with Gasteiger partial charge in [0.2, 0.25) is 5.88 Å². The number of carbonyl (C=O) groups excluding carboxylic acids is 1. The summed E-state index contributed by atoms with van der Waals surface area (Å²) in [6.07, 6.45) is 5.16. The van der Waals surface area contributed by atoms with E-state index in [4.69, 9.17) is 4.74 Å². The zero-order chi connectivity index (χ0) is 24.8. The first-order chi connectivity index (χ1) is 16.2. The number of ether oxygens (including phenoxy) is 1. The number of carbonyl (C=O) groups is 2. The van der Waals surface area contributed by atoms with E-state index in [0.29, 0.717) is 25.2 Å². The SMILES string of the molecule is CC=Cc1cnc2c(c1)C(=O)N([C@@H](C)CO)C[C@@H](C)[C@H](CN(C)Cc1cccc(C(=O)O)c1)O2. The van der Waals surface area contributed by atoms with Crippen molar-refractivity contribution >= 4 is 18.0 Å². The number of aromatic nitrogens is 1. The molecule has 0 saturated heterocycles. The van der Waals surface area contributed by atoms with Crippen LogP contribution in [0.5, 0.6) is 5.88 Å². The molecule has 8 heteroatoms. The van der Waals surface area contributed by atoms with Crippen LogP contribution in [0, 0.1) is 5.92 Å². The molecule has 3 atom stereocenters. The van der Waals surface area contributed by atoms with Crippen molar-refractivity contribution in [2.24, 2.45) is 5.92 Å². The van der Waals surface area contributed by atoms with Crippen molar-refractivity contribution in [1.82, 2.24) is 14.8 Å². The van der Waals surface area contributed by atoms with Crippen LogP contribution < -0.4 is 4.74 Å². The lowest BCUT2D eigenvalue weighted by molar-refractivity contribution is 0.0325. The maximum absolute atomic E-state index is 13.4. The minimum Gasteiger partial charge on any atom is -0.478 e. The number of fused-ring (bicyclic) bond motifs is 1. The Morgan fingerprint density at radius 3 is 2.82 bits per heavy atom. The van der Waals surface area contributed by atoms with Crippen molar-refractivity contribution in [3.05, 3.63) is 64.9 Å². The molecule has 3 rings (SSSR count). The molecule has 182 valence electrons. The number of nitrogens with zero attached hydrogens (tertiary/aromatic N) is 3. The van der Waals surface area contributed by atoms with Crippen molar-refractivity contribution < 1.29 is 24.5 Å². The Kier molecular flexibility index (Phi) is 8.41. The molecule has 0 bridgehead atoms. The molecule has 0 aliphatic carbocycles. The van der Waals surface area contributed by atoms with Crippen LogP contribution in [0.1, 0.15) is 52.6 Å². The Morgan fingerprint density at radius 1 is 1.38 bits per heavy atom. The summed E-state index contributed by atoms with van der Waals surface area (Å²) in [4.78, 5) is 32.9. The minimum atomic E-state index is -0.954. The van der Waals surface area contributed by atoms with Gasteiger partial charge in [0.25, 0.3) is 5.91 Å². The molecule has 0 saturated carbocycles. The predicted octanol–water partition coefficient (Wildman–Crippen LogP) is 3.17. The Balaban J connectivity index is 1.87. The quantitative estimate of drug-likeness (QED) is 0.615. The fraction of sp³-hybridized carbons (Fsp3) is 0.423. The number of carboxylic acids is 1. The Labute approximate surface area is 200 Å².